The molecule has 0 radical (unpaired) electrons. The van der Waals surface area contributed by atoms with E-state index in [1.165, 1.54) is 0 Å². The highest BCUT2D eigenvalue weighted by Crippen LogP contribution is 2.01. The molecule has 14 heavy (non-hydrogen) atoms. The minimum absolute atomic E-state index is 0.228. The molecule has 0 fully saturated rings. The van der Waals surface area contributed by atoms with Crippen molar-refractivity contribution in [2.75, 3.05) is 6.61 Å². The lowest BCUT2D eigenvalue weighted by atomic mass is 10.2. The van der Waals surface area contributed by atoms with Gasteiger partial charge in [-0.3, -0.25) is 9.63 Å². The minimum atomic E-state index is -0.387. The van der Waals surface area contributed by atoms with Crippen LogP contribution in [0, 0.1) is 12.8 Å². The van der Waals surface area contributed by atoms with Crippen LogP contribution in [-0.4, -0.2) is 17.7 Å². The van der Waals surface area contributed by atoms with E-state index in [1.54, 1.807) is 13.0 Å². The smallest absolute Gasteiger partial charge is 0.297 e. The highest BCUT2D eigenvalue weighted by atomic mass is 16.7. The molecule has 0 spiro atoms. The standard InChI is InChI=1S/C9H14N2O3/c1-6(2)5-13-11-9(12)8-4-7(3)14-10-8/h4,6H,5H2,1-3H3,(H,11,12). The molecule has 5 heteroatoms. The molecule has 78 valence electrons. The van der Waals surface area contributed by atoms with Gasteiger partial charge >= 0.3 is 0 Å². The van der Waals surface area contributed by atoms with E-state index in [9.17, 15) is 4.79 Å². The summed E-state index contributed by atoms with van der Waals surface area (Å²) in [7, 11) is 0. The number of carbonyl (C=O) groups excluding carboxylic acids is 1. The van der Waals surface area contributed by atoms with Crippen molar-refractivity contribution in [3.05, 3.63) is 17.5 Å². The number of nitrogens with one attached hydrogen (secondary N) is 1. The molecule has 0 saturated heterocycles. The highest BCUT2D eigenvalue weighted by Gasteiger charge is 2.10. The number of rotatable bonds is 4. The molecule has 0 aliphatic rings. The van der Waals surface area contributed by atoms with Crippen molar-refractivity contribution >= 4 is 5.91 Å². The first-order valence-corrected chi connectivity index (χ1v) is 4.45. The second-order valence-electron chi connectivity index (χ2n) is 3.46. The SMILES string of the molecule is Cc1cc(C(=O)NOCC(C)C)no1. The van der Waals surface area contributed by atoms with Crippen LogP contribution in [-0.2, 0) is 4.84 Å². The number of aromatic nitrogens is 1. The zero-order valence-electron chi connectivity index (χ0n) is 8.53. The van der Waals surface area contributed by atoms with Crippen molar-refractivity contribution in [2.45, 2.75) is 20.8 Å². The molecule has 0 saturated carbocycles. The third kappa shape index (κ3) is 3.18. The summed E-state index contributed by atoms with van der Waals surface area (Å²) < 4.78 is 4.75. The molecule has 1 rings (SSSR count). The Hall–Kier alpha value is -1.36. The van der Waals surface area contributed by atoms with Crippen molar-refractivity contribution in [3.63, 3.8) is 0 Å². The largest absolute Gasteiger partial charge is 0.361 e. The predicted octanol–water partition coefficient (Wildman–Crippen LogP) is 1.30. The molecular formula is C9H14N2O3. The Balaban J connectivity index is 2.36. The van der Waals surface area contributed by atoms with Crippen molar-refractivity contribution in [2.24, 2.45) is 5.92 Å². The third-order valence-electron chi connectivity index (χ3n) is 1.44. The molecule has 1 heterocycles. The molecule has 1 N–H and O–H groups in total. The van der Waals surface area contributed by atoms with E-state index in [4.69, 9.17) is 9.36 Å². The van der Waals surface area contributed by atoms with Gasteiger partial charge in [0.1, 0.15) is 5.76 Å². The van der Waals surface area contributed by atoms with Crippen molar-refractivity contribution in [3.8, 4) is 0 Å². The number of hydrogen-bond donors (Lipinski definition) is 1. The first-order valence-electron chi connectivity index (χ1n) is 4.45. The Morgan fingerprint density at radius 2 is 2.43 bits per heavy atom. The van der Waals surface area contributed by atoms with E-state index in [2.05, 4.69) is 10.6 Å². The van der Waals surface area contributed by atoms with Gasteiger partial charge in [0.2, 0.25) is 0 Å². The van der Waals surface area contributed by atoms with Crippen LogP contribution in [0.1, 0.15) is 30.1 Å². The Kier molecular flexibility index (Phi) is 3.64. The van der Waals surface area contributed by atoms with E-state index in [0.29, 0.717) is 18.3 Å². The van der Waals surface area contributed by atoms with Crippen molar-refractivity contribution in [1.29, 1.82) is 0 Å². The van der Waals surface area contributed by atoms with Gasteiger partial charge in [0.25, 0.3) is 5.91 Å². The maximum Gasteiger partial charge on any atom is 0.297 e. The van der Waals surface area contributed by atoms with Gasteiger partial charge in [-0.2, -0.15) is 0 Å². The van der Waals surface area contributed by atoms with Gasteiger partial charge in [0.15, 0.2) is 5.69 Å². The van der Waals surface area contributed by atoms with Gasteiger partial charge in [0.05, 0.1) is 6.61 Å². The maximum atomic E-state index is 11.3. The number of nitrogens with zero attached hydrogens (tertiary/aromatic N) is 1. The summed E-state index contributed by atoms with van der Waals surface area (Å²) in [5, 5.41) is 3.55. The molecule has 0 aliphatic carbocycles. The second-order valence-corrected chi connectivity index (χ2v) is 3.46. The van der Waals surface area contributed by atoms with Crippen LogP contribution < -0.4 is 5.48 Å². The fourth-order valence-corrected chi connectivity index (χ4v) is 0.800. The molecule has 0 aromatic carbocycles. The van der Waals surface area contributed by atoms with E-state index in [-0.39, 0.29) is 11.6 Å². The number of hydroxylamine groups is 1. The molecule has 1 amide bonds. The summed E-state index contributed by atoms with van der Waals surface area (Å²) in [4.78, 5) is 16.2. The molecule has 0 bridgehead atoms. The average Bonchev–Trinajstić information content (AvgIpc) is 2.51. The lowest BCUT2D eigenvalue weighted by molar-refractivity contribution is 0.0202. The third-order valence-corrected chi connectivity index (χ3v) is 1.44. The molecule has 0 unspecified atom stereocenters. The predicted molar refractivity (Wildman–Crippen MR) is 49.5 cm³/mol. The molecule has 5 nitrogen and oxygen atoms in total. The molecular weight excluding hydrogens is 184 g/mol. The summed E-state index contributed by atoms with van der Waals surface area (Å²) >= 11 is 0. The lowest BCUT2D eigenvalue weighted by Crippen LogP contribution is -2.25. The quantitative estimate of drug-likeness (QED) is 0.740. The van der Waals surface area contributed by atoms with Gasteiger partial charge in [-0.15, -0.1) is 0 Å². The lowest BCUT2D eigenvalue weighted by Gasteiger charge is -2.05. The minimum Gasteiger partial charge on any atom is -0.361 e. The van der Waals surface area contributed by atoms with Crippen molar-refractivity contribution in [1.82, 2.24) is 10.6 Å². The van der Waals surface area contributed by atoms with Gasteiger partial charge in [-0.05, 0) is 12.8 Å². The maximum absolute atomic E-state index is 11.3. The summed E-state index contributed by atoms with van der Waals surface area (Å²) in [5.74, 6) is 0.579. The first kappa shape index (κ1) is 10.7. The van der Waals surface area contributed by atoms with E-state index in [1.807, 2.05) is 13.8 Å². The summed E-state index contributed by atoms with van der Waals surface area (Å²) in [6.45, 7) is 6.18. The van der Waals surface area contributed by atoms with E-state index >= 15 is 0 Å². The van der Waals surface area contributed by atoms with Crippen LogP contribution >= 0.6 is 0 Å². The average molecular weight is 198 g/mol. The normalized spacial score (nSPS) is 10.6. The number of amides is 1. The topological polar surface area (TPSA) is 64.4 Å². The van der Waals surface area contributed by atoms with E-state index in [0.717, 1.165) is 0 Å². The molecule has 1 aromatic heterocycles. The van der Waals surface area contributed by atoms with Crippen LogP contribution in [0.3, 0.4) is 0 Å². The summed E-state index contributed by atoms with van der Waals surface area (Å²) in [6.07, 6.45) is 0. The number of carbonyl (C=O) groups is 1. The van der Waals surface area contributed by atoms with Gasteiger partial charge in [0, 0.05) is 6.07 Å². The monoisotopic (exact) mass is 198 g/mol. The number of aryl methyl sites for hydroxylation is 1. The fourth-order valence-electron chi connectivity index (χ4n) is 0.800. The van der Waals surface area contributed by atoms with E-state index < -0.39 is 0 Å². The summed E-state index contributed by atoms with van der Waals surface area (Å²) in [5.41, 5.74) is 2.51. The Bertz CT molecular complexity index is 307. The molecule has 0 atom stereocenters. The van der Waals surface area contributed by atoms with Gasteiger partial charge in [-0.25, -0.2) is 5.48 Å². The number of hydrogen-bond acceptors (Lipinski definition) is 4. The Labute approximate surface area is 82.4 Å². The van der Waals surface area contributed by atoms with Crippen LogP contribution in [0.4, 0.5) is 0 Å². The van der Waals surface area contributed by atoms with Crippen LogP contribution in [0.5, 0.6) is 0 Å². The first-order chi connectivity index (χ1) is 6.59. The summed E-state index contributed by atoms with van der Waals surface area (Å²) in [6, 6.07) is 1.55. The highest BCUT2D eigenvalue weighted by molar-refractivity contribution is 5.91. The zero-order valence-corrected chi connectivity index (χ0v) is 8.53. The molecule has 1 aromatic rings. The van der Waals surface area contributed by atoms with Crippen LogP contribution in [0.25, 0.3) is 0 Å². The zero-order chi connectivity index (χ0) is 10.6. The fraction of sp³-hybridized carbons (Fsp3) is 0.556. The molecule has 0 aliphatic heterocycles. The van der Waals surface area contributed by atoms with Gasteiger partial charge in [-0.1, -0.05) is 19.0 Å². The second kappa shape index (κ2) is 4.76. The van der Waals surface area contributed by atoms with Gasteiger partial charge < -0.3 is 4.52 Å². The van der Waals surface area contributed by atoms with Crippen molar-refractivity contribution < 1.29 is 14.2 Å². The van der Waals surface area contributed by atoms with Crippen LogP contribution in [0.2, 0.25) is 0 Å². The Morgan fingerprint density at radius 1 is 1.71 bits per heavy atom. The Morgan fingerprint density at radius 3 is 2.93 bits per heavy atom. The van der Waals surface area contributed by atoms with Crippen LogP contribution in [0.15, 0.2) is 10.6 Å².